The lowest BCUT2D eigenvalue weighted by atomic mass is 10.1. The van der Waals surface area contributed by atoms with Crippen LogP contribution < -0.4 is 0 Å². The summed E-state index contributed by atoms with van der Waals surface area (Å²) in [7, 11) is 0. The van der Waals surface area contributed by atoms with Crippen LogP contribution in [0.15, 0.2) is 41.1 Å². The van der Waals surface area contributed by atoms with E-state index in [1.165, 1.54) is 11.1 Å². The van der Waals surface area contributed by atoms with E-state index in [1.54, 1.807) is 6.20 Å². The van der Waals surface area contributed by atoms with Gasteiger partial charge in [-0.3, -0.25) is 19.0 Å². The van der Waals surface area contributed by atoms with Crippen molar-refractivity contribution in [3.05, 3.63) is 74.2 Å². The van der Waals surface area contributed by atoms with Gasteiger partial charge in [0.05, 0.1) is 40.8 Å². The fourth-order valence-corrected chi connectivity index (χ4v) is 4.25. The van der Waals surface area contributed by atoms with Crippen LogP contribution in [0.25, 0.3) is 5.69 Å². The summed E-state index contributed by atoms with van der Waals surface area (Å²) < 4.78 is 7.47. The summed E-state index contributed by atoms with van der Waals surface area (Å²) in [6, 6.07) is 8.54. The van der Waals surface area contributed by atoms with Crippen molar-refractivity contribution in [1.82, 2.24) is 34.3 Å². The molecule has 9 heteroatoms. The molecule has 4 aromatic rings. The third-order valence-electron chi connectivity index (χ3n) is 5.22. The minimum absolute atomic E-state index is 0.101. The fraction of sp³-hybridized carbons (Fsp3) is 0.333. The molecular formula is C21H24BrN7S. The number of rotatable bonds is 6. The van der Waals surface area contributed by atoms with Crippen LogP contribution in [-0.4, -0.2) is 34.3 Å². The lowest BCUT2D eigenvalue weighted by Crippen LogP contribution is -2.13. The molecule has 1 atom stereocenters. The highest BCUT2D eigenvalue weighted by Gasteiger charge is 2.22. The van der Waals surface area contributed by atoms with Gasteiger partial charge in [-0.2, -0.15) is 15.3 Å². The van der Waals surface area contributed by atoms with Gasteiger partial charge in [0.2, 0.25) is 0 Å². The molecule has 0 saturated carbocycles. The van der Waals surface area contributed by atoms with E-state index in [0.29, 0.717) is 17.9 Å². The Morgan fingerprint density at radius 1 is 1.17 bits per heavy atom. The summed E-state index contributed by atoms with van der Waals surface area (Å²) in [5.74, 6) is 0.969. The van der Waals surface area contributed by atoms with Gasteiger partial charge in [0.1, 0.15) is 5.82 Å². The Morgan fingerprint density at radius 3 is 2.57 bits per heavy atom. The van der Waals surface area contributed by atoms with E-state index in [0.717, 1.165) is 27.4 Å². The Labute approximate surface area is 188 Å². The van der Waals surface area contributed by atoms with E-state index in [4.69, 9.17) is 17.3 Å². The Kier molecular flexibility index (Phi) is 5.75. The first kappa shape index (κ1) is 20.7. The first-order valence-corrected chi connectivity index (χ1v) is 11.0. The standard InChI is InChI=1S/C21H24BrN7S/c1-13-5-7-17(8-6-13)11-28-16(4)19(15(3)26-28)29-20(24-25-21(29)30)14(2)10-27-12-18(22)9-23-27/h5-9,12,14H,10-11H2,1-4H3,(H,25,30)/t14-/m1/s1. The number of halogens is 1. The SMILES string of the molecule is Cc1ccc(Cn2nc(C)c(-n3c([C@H](C)Cn4cc(Br)cn4)n[nH]c3=S)c2C)cc1. The molecule has 0 aliphatic heterocycles. The topological polar surface area (TPSA) is 69.2 Å². The van der Waals surface area contributed by atoms with Crippen LogP contribution in [0.1, 0.15) is 41.2 Å². The zero-order valence-corrected chi connectivity index (χ0v) is 19.8. The highest BCUT2D eigenvalue weighted by molar-refractivity contribution is 9.10. The van der Waals surface area contributed by atoms with Gasteiger partial charge in [-0.1, -0.05) is 36.8 Å². The van der Waals surface area contributed by atoms with Crippen LogP contribution in [0.3, 0.4) is 0 Å². The van der Waals surface area contributed by atoms with Gasteiger partial charge >= 0.3 is 0 Å². The maximum Gasteiger partial charge on any atom is 0.200 e. The zero-order valence-electron chi connectivity index (χ0n) is 17.4. The van der Waals surface area contributed by atoms with Gasteiger partial charge in [0.25, 0.3) is 0 Å². The largest absolute Gasteiger partial charge is 0.271 e. The normalized spacial score (nSPS) is 12.4. The Balaban J connectivity index is 1.69. The van der Waals surface area contributed by atoms with E-state index >= 15 is 0 Å². The number of hydrogen-bond acceptors (Lipinski definition) is 4. The number of aryl methyl sites for hydroxylation is 2. The van der Waals surface area contributed by atoms with Gasteiger partial charge in [0, 0.05) is 12.1 Å². The molecule has 1 aromatic carbocycles. The van der Waals surface area contributed by atoms with Crippen molar-refractivity contribution in [3.63, 3.8) is 0 Å². The van der Waals surface area contributed by atoms with E-state index < -0.39 is 0 Å². The molecule has 3 heterocycles. The first-order chi connectivity index (χ1) is 14.3. The van der Waals surface area contributed by atoms with Crippen molar-refractivity contribution < 1.29 is 0 Å². The second kappa shape index (κ2) is 8.31. The second-order valence-electron chi connectivity index (χ2n) is 7.67. The molecule has 0 saturated heterocycles. The summed E-state index contributed by atoms with van der Waals surface area (Å²) in [6.07, 6.45) is 3.74. The molecule has 7 nitrogen and oxygen atoms in total. The minimum Gasteiger partial charge on any atom is -0.271 e. The molecule has 0 unspecified atom stereocenters. The smallest absolute Gasteiger partial charge is 0.200 e. The van der Waals surface area contributed by atoms with Crippen molar-refractivity contribution in [2.75, 3.05) is 0 Å². The van der Waals surface area contributed by atoms with Crippen molar-refractivity contribution in [2.45, 2.75) is 46.7 Å². The molecule has 1 N–H and O–H groups in total. The minimum atomic E-state index is 0.101. The summed E-state index contributed by atoms with van der Waals surface area (Å²) in [5.41, 5.74) is 5.43. The third-order valence-corrected chi connectivity index (χ3v) is 5.90. The van der Waals surface area contributed by atoms with E-state index in [2.05, 4.69) is 76.3 Å². The summed E-state index contributed by atoms with van der Waals surface area (Å²) in [4.78, 5) is 0. The van der Waals surface area contributed by atoms with Gasteiger partial charge in [-0.05, 0) is 54.5 Å². The molecule has 3 aromatic heterocycles. The molecule has 0 aliphatic carbocycles. The number of H-pyrrole nitrogens is 1. The molecule has 0 bridgehead atoms. The van der Waals surface area contributed by atoms with Crippen molar-refractivity contribution in [3.8, 4) is 5.69 Å². The maximum absolute atomic E-state index is 5.59. The summed E-state index contributed by atoms with van der Waals surface area (Å²) in [6.45, 7) is 9.72. The molecule has 0 radical (unpaired) electrons. The van der Waals surface area contributed by atoms with E-state index in [-0.39, 0.29) is 5.92 Å². The van der Waals surface area contributed by atoms with Gasteiger partial charge < -0.3 is 0 Å². The highest BCUT2D eigenvalue weighted by atomic mass is 79.9. The predicted molar refractivity (Wildman–Crippen MR) is 123 cm³/mol. The molecule has 30 heavy (non-hydrogen) atoms. The first-order valence-electron chi connectivity index (χ1n) is 9.78. The van der Waals surface area contributed by atoms with Crippen molar-refractivity contribution in [1.29, 1.82) is 0 Å². The lowest BCUT2D eigenvalue weighted by molar-refractivity contribution is 0.517. The second-order valence-corrected chi connectivity index (χ2v) is 8.97. The molecule has 0 fully saturated rings. The number of nitrogens with zero attached hydrogens (tertiary/aromatic N) is 6. The number of hydrogen-bond donors (Lipinski definition) is 1. The number of benzene rings is 1. The Morgan fingerprint density at radius 2 is 1.90 bits per heavy atom. The van der Waals surface area contributed by atoms with Crippen molar-refractivity contribution in [2.24, 2.45) is 0 Å². The highest BCUT2D eigenvalue weighted by Crippen LogP contribution is 2.25. The lowest BCUT2D eigenvalue weighted by Gasteiger charge is -2.14. The molecule has 4 rings (SSSR count). The van der Waals surface area contributed by atoms with Gasteiger partial charge in [0.15, 0.2) is 4.77 Å². The number of nitrogens with one attached hydrogen (secondary N) is 1. The molecule has 0 amide bonds. The average Bonchev–Trinajstić information content (AvgIpc) is 3.35. The molecule has 156 valence electrons. The van der Waals surface area contributed by atoms with Crippen molar-refractivity contribution >= 4 is 28.1 Å². The van der Waals surface area contributed by atoms with Crippen LogP contribution in [-0.2, 0) is 13.1 Å². The van der Waals surface area contributed by atoms with Crippen LogP contribution in [0, 0.1) is 25.5 Å². The fourth-order valence-electron chi connectivity index (χ4n) is 3.69. The number of aromatic nitrogens is 7. The summed E-state index contributed by atoms with van der Waals surface area (Å²) in [5, 5.41) is 16.7. The van der Waals surface area contributed by atoms with Crippen LogP contribution >= 0.6 is 28.1 Å². The van der Waals surface area contributed by atoms with Crippen LogP contribution in [0.5, 0.6) is 0 Å². The molecule has 0 aliphatic rings. The predicted octanol–water partition coefficient (Wildman–Crippen LogP) is 4.86. The number of aromatic amines is 1. The molecule has 0 spiro atoms. The van der Waals surface area contributed by atoms with E-state index in [1.807, 2.05) is 27.1 Å². The van der Waals surface area contributed by atoms with E-state index in [9.17, 15) is 0 Å². The van der Waals surface area contributed by atoms with Crippen LogP contribution in [0.2, 0.25) is 0 Å². The van der Waals surface area contributed by atoms with Gasteiger partial charge in [-0.15, -0.1) is 0 Å². The Bertz CT molecular complexity index is 1230. The average molecular weight is 486 g/mol. The zero-order chi connectivity index (χ0) is 21.4. The Hall–Kier alpha value is -2.52. The third kappa shape index (κ3) is 4.04. The van der Waals surface area contributed by atoms with Crippen LogP contribution in [0.4, 0.5) is 0 Å². The maximum atomic E-state index is 5.59. The quantitative estimate of drug-likeness (QED) is 0.395. The summed E-state index contributed by atoms with van der Waals surface area (Å²) >= 11 is 9.04. The molecular weight excluding hydrogens is 462 g/mol. The monoisotopic (exact) mass is 485 g/mol. The van der Waals surface area contributed by atoms with Gasteiger partial charge in [-0.25, -0.2) is 0 Å².